The number of esters is 1. The maximum Gasteiger partial charge on any atom is 0.493 e. The molecule has 28 heavy (non-hydrogen) atoms. The summed E-state index contributed by atoms with van der Waals surface area (Å²) in [6.45, 7) is 3.49. The SMILES string of the molecule is CCCCCCc1ccc(C2COB(c3ccc(C(=O)OC)cc3)OC2)cc1. The van der Waals surface area contributed by atoms with Gasteiger partial charge >= 0.3 is 13.1 Å². The van der Waals surface area contributed by atoms with Crippen LogP contribution in [0.4, 0.5) is 0 Å². The van der Waals surface area contributed by atoms with Crippen LogP contribution in [0.5, 0.6) is 0 Å². The number of rotatable bonds is 8. The first-order chi connectivity index (χ1) is 13.7. The Morgan fingerprint density at radius 1 is 1.00 bits per heavy atom. The summed E-state index contributed by atoms with van der Waals surface area (Å²) in [5, 5.41) is 0. The van der Waals surface area contributed by atoms with E-state index in [0.717, 1.165) is 11.9 Å². The molecule has 0 aliphatic carbocycles. The van der Waals surface area contributed by atoms with Gasteiger partial charge in [-0.15, -0.1) is 0 Å². The maximum atomic E-state index is 11.5. The van der Waals surface area contributed by atoms with Crippen molar-refractivity contribution in [3.05, 3.63) is 65.2 Å². The lowest BCUT2D eigenvalue weighted by Gasteiger charge is -2.28. The molecular weight excluding hydrogens is 351 g/mol. The molecule has 5 heteroatoms. The van der Waals surface area contributed by atoms with Gasteiger partial charge in [0, 0.05) is 19.1 Å². The lowest BCUT2D eigenvalue weighted by atomic mass is 9.77. The van der Waals surface area contributed by atoms with Crippen molar-refractivity contribution in [1.29, 1.82) is 0 Å². The van der Waals surface area contributed by atoms with E-state index in [1.165, 1.54) is 43.9 Å². The second-order valence-electron chi connectivity index (χ2n) is 7.36. The van der Waals surface area contributed by atoms with E-state index in [2.05, 4.69) is 31.2 Å². The van der Waals surface area contributed by atoms with Crippen molar-refractivity contribution >= 4 is 18.6 Å². The predicted molar refractivity (Wildman–Crippen MR) is 112 cm³/mol. The van der Waals surface area contributed by atoms with Crippen LogP contribution in [0.2, 0.25) is 0 Å². The van der Waals surface area contributed by atoms with Crippen molar-refractivity contribution in [3.8, 4) is 0 Å². The Morgan fingerprint density at radius 2 is 1.68 bits per heavy atom. The summed E-state index contributed by atoms with van der Waals surface area (Å²) >= 11 is 0. The van der Waals surface area contributed by atoms with E-state index in [1.807, 2.05) is 12.1 Å². The van der Waals surface area contributed by atoms with Crippen molar-refractivity contribution < 1.29 is 18.8 Å². The molecule has 1 saturated heterocycles. The zero-order valence-corrected chi connectivity index (χ0v) is 16.9. The number of hydrogen-bond donors (Lipinski definition) is 0. The lowest BCUT2D eigenvalue weighted by molar-refractivity contribution is 0.0600. The monoisotopic (exact) mass is 380 g/mol. The highest BCUT2D eigenvalue weighted by molar-refractivity contribution is 6.61. The van der Waals surface area contributed by atoms with Crippen LogP contribution in [0, 0.1) is 0 Å². The Balaban J connectivity index is 1.50. The van der Waals surface area contributed by atoms with E-state index in [9.17, 15) is 4.79 Å². The van der Waals surface area contributed by atoms with Crippen LogP contribution in [0.3, 0.4) is 0 Å². The Labute approximate surface area is 168 Å². The van der Waals surface area contributed by atoms with Gasteiger partial charge in [-0.05, 0) is 41.6 Å². The van der Waals surface area contributed by atoms with Gasteiger partial charge in [-0.3, -0.25) is 0 Å². The van der Waals surface area contributed by atoms with Crippen LogP contribution in [-0.4, -0.2) is 33.4 Å². The standard InChI is InChI=1S/C23H29BO4/c1-3-4-5-6-7-18-8-10-19(11-9-18)21-16-27-24(28-17-21)22-14-12-20(13-15-22)23(25)26-2/h8-15,21H,3-7,16-17H2,1-2H3. The van der Waals surface area contributed by atoms with Gasteiger partial charge in [-0.1, -0.05) is 62.6 Å². The van der Waals surface area contributed by atoms with Gasteiger partial charge in [-0.25, -0.2) is 4.79 Å². The third-order valence-corrected chi connectivity index (χ3v) is 5.27. The molecule has 2 aromatic rings. The summed E-state index contributed by atoms with van der Waals surface area (Å²) in [6, 6.07) is 16.1. The zero-order valence-electron chi connectivity index (χ0n) is 16.9. The summed E-state index contributed by atoms with van der Waals surface area (Å²) < 4.78 is 16.6. The summed E-state index contributed by atoms with van der Waals surface area (Å²) in [7, 11) is 0.990. The number of carbonyl (C=O) groups excluding carboxylic acids is 1. The topological polar surface area (TPSA) is 44.8 Å². The van der Waals surface area contributed by atoms with Gasteiger partial charge in [0.2, 0.25) is 0 Å². The summed E-state index contributed by atoms with van der Waals surface area (Å²) in [4.78, 5) is 11.5. The number of carbonyl (C=O) groups is 1. The average molecular weight is 380 g/mol. The van der Waals surface area contributed by atoms with Crippen LogP contribution in [0.25, 0.3) is 0 Å². The Bertz CT molecular complexity index is 734. The van der Waals surface area contributed by atoms with Crippen LogP contribution >= 0.6 is 0 Å². The fourth-order valence-electron chi connectivity index (χ4n) is 3.49. The van der Waals surface area contributed by atoms with Gasteiger partial charge in [-0.2, -0.15) is 0 Å². The molecule has 2 aromatic carbocycles. The second-order valence-corrected chi connectivity index (χ2v) is 7.36. The van der Waals surface area contributed by atoms with Crippen molar-refractivity contribution in [2.75, 3.05) is 20.3 Å². The highest BCUT2D eigenvalue weighted by atomic mass is 16.6. The smallest absolute Gasteiger partial charge is 0.465 e. The number of benzene rings is 2. The molecule has 0 radical (unpaired) electrons. The molecule has 1 fully saturated rings. The molecule has 1 aliphatic heterocycles. The molecule has 0 unspecified atom stereocenters. The number of ether oxygens (including phenoxy) is 1. The third kappa shape index (κ3) is 5.46. The molecule has 1 aliphatic rings. The van der Waals surface area contributed by atoms with Crippen LogP contribution in [0.1, 0.15) is 60.0 Å². The first-order valence-corrected chi connectivity index (χ1v) is 10.2. The molecule has 0 amide bonds. The van der Waals surface area contributed by atoms with Gasteiger partial charge < -0.3 is 14.0 Å². The number of unbranched alkanes of at least 4 members (excludes halogenated alkanes) is 3. The fraction of sp³-hybridized carbons (Fsp3) is 0.435. The molecule has 0 saturated carbocycles. The first-order valence-electron chi connectivity index (χ1n) is 10.2. The van der Waals surface area contributed by atoms with Gasteiger partial charge in [0.25, 0.3) is 0 Å². The van der Waals surface area contributed by atoms with E-state index < -0.39 is 0 Å². The molecule has 0 aromatic heterocycles. The maximum absolute atomic E-state index is 11.5. The van der Waals surface area contributed by atoms with Gasteiger partial charge in [0.15, 0.2) is 0 Å². The number of aryl methyl sites for hydroxylation is 1. The highest BCUT2D eigenvalue weighted by Crippen LogP contribution is 2.22. The van der Waals surface area contributed by atoms with Crippen LogP contribution in [0.15, 0.2) is 48.5 Å². The summed E-state index contributed by atoms with van der Waals surface area (Å²) in [5.41, 5.74) is 4.10. The van der Waals surface area contributed by atoms with E-state index in [4.69, 9.17) is 14.0 Å². The largest absolute Gasteiger partial charge is 0.493 e. The fourth-order valence-corrected chi connectivity index (χ4v) is 3.49. The molecule has 3 rings (SSSR count). The minimum atomic E-state index is -0.388. The second kappa shape index (κ2) is 10.4. The van der Waals surface area contributed by atoms with E-state index in [0.29, 0.717) is 18.8 Å². The van der Waals surface area contributed by atoms with Gasteiger partial charge in [0.05, 0.1) is 12.7 Å². The Kier molecular flexibility index (Phi) is 7.69. The van der Waals surface area contributed by atoms with Crippen molar-refractivity contribution in [2.45, 2.75) is 44.9 Å². The molecule has 148 valence electrons. The lowest BCUT2D eigenvalue weighted by Crippen LogP contribution is -2.43. The Morgan fingerprint density at radius 3 is 2.29 bits per heavy atom. The molecule has 1 heterocycles. The molecule has 0 atom stereocenters. The highest BCUT2D eigenvalue weighted by Gasteiger charge is 2.30. The van der Waals surface area contributed by atoms with Crippen LogP contribution in [-0.2, 0) is 20.5 Å². The zero-order chi connectivity index (χ0) is 19.8. The van der Waals surface area contributed by atoms with Gasteiger partial charge in [0.1, 0.15) is 0 Å². The van der Waals surface area contributed by atoms with E-state index >= 15 is 0 Å². The normalized spacial score (nSPS) is 14.9. The minimum absolute atomic E-state index is 0.250. The molecule has 4 nitrogen and oxygen atoms in total. The molecule has 0 bridgehead atoms. The van der Waals surface area contributed by atoms with Crippen molar-refractivity contribution in [3.63, 3.8) is 0 Å². The van der Waals surface area contributed by atoms with E-state index in [-0.39, 0.29) is 19.0 Å². The average Bonchev–Trinajstić information content (AvgIpc) is 2.77. The summed E-state index contributed by atoms with van der Waals surface area (Å²) in [5.74, 6) is -0.0920. The number of hydrogen-bond acceptors (Lipinski definition) is 4. The number of methoxy groups -OCH3 is 1. The minimum Gasteiger partial charge on any atom is -0.465 e. The predicted octanol–water partition coefficient (Wildman–Crippen LogP) is 4.12. The van der Waals surface area contributed by atoms with Crippen LogP contribution < -0.4 is 5.46 Å². The van der Waals surface area contributed by atoms with Crippen molar-refractivity contribution in [1.82, 2.24) is 0 Å². The van der Waals surface area contributed by atoms with Crippen molar-refractivity contribution in [2.24, 2.45) is 0 Å². The molecular formula is C23H29BO4. The quantitative estimate of drug-likeness (QED) is 0.393. The Hall–Kier alpha value is -2.11. The summed E-state index contributed by atoms with van der Waals surface area (Å²) in [6.07, 6.45) is 6.32. The molecule has 0 spiro atoms. The molecule has 0 N–H and O–H groups in total. The first kappa shape index (κ1) is 20.6. The third-order valence-electron chi connectivity index (χ3n) is 5.27. The van der Waals surface area contributed by atoms with E-state index in [1.54, 1.807) is 12.1 Å².